The molecule has 0 saturated carbocycles. The molecule has 0 radical (unpaired) electrons. The Bertz CT molecular complexity index is 206. The minimum Gasteiger partial charge on any atom is -0.330 e. The van der Waals surface area contributed by atoms with Gasteiger partial charge in [-0.3, -0.25) is 4.79 Å². The summed E-state index contributed by atoms with van der Waals surface area (Å²) in [6.45, 7) is 0.242. The number of hydrogen-bond acceptors (Lipinski definition) is 1. The fourth-order valence-electron chi connectivity index (χ4n) is 1.48. The molecule has 1 aliphatic heterocycles. The van der Waals surface area contributed by atoms with Crippen molar-refractivity contribution in [2.24, 2.45) is 0 Å². The van der Waals surface area contributed by atoms with Crippen molar-refractivity contribution in [3.8, 4) is 0 Å². The summed E-state index contributed by atoms with van der Waals surface area (Å²) < 4.78 is 37.0. The highest BCUT2D eigenvalue weighted by atomic mass is 127. The second-order valence-corrected chi connectivity index (χ2v) is 3.68. The lowest BCUT2D eigenvalue weighted by atomic mass is 10.2. The van der Waals surface area contributed by atoms with Crippen LogP contribution in [0.15, 0.2) is 0 Å². The first-order chi connectivity index (χ1) is 5.96. The Kier molecular flexibility index (Phi) is 3.42. The molecule has 1 aliphatic rings. The largest absolute Gasteiger partial charge is 0.408 e. The molecule has 0 unspecified atom stereocenters. The Morgan fingerprint density at radius 3 is 2.62 bits per heavy atom. The van der Waals surface area contributed by atoms with Crippen LogP contribution in [-0.2, 0) is 4.79 Å². The van der Waals surface area contributed by atoms with E-state index in [-0.39, 0.29) is 17.4 Å². The molecule has 13 heavy (non-hydrogen) atoms. The van der Waals surface area contributed by atoms with Crippen molar-refractivity contribution in [1.29, 1.82) is 0 Å². The summed E-state index contributed by atoms with van der Waals surface area (Å²) >= 11 is 1.78. The zero-order valence-corrected chi connectivity index (χ0v) is 8.93. The van der Waals surface area contributed by atoms with Crippen LogP contribution in [0.2, 0.25) is 0 Å². The number of alkyl halides is 4. The highest BCUT2D eigenvalue weighted by Gasteiger charge is 2.47. The number of nitrogens with zero attached hydrogens (tertiary/aromatic N) is 1. The average Bonchev–Trinajstić information content (AvgIpc) is 2.49. The van der Waals surface area contributed by atoms with Gasteiger partial charge in [-0.05, 0) is 12.8 Å². The molecule has 0 spiro atoms. The summed E-state index contributed by atoms with van der Waals surface area (Å²) in [5.74, 6) is -0.416. The van der Waals surface area contributed by atoms with E-state index in [0.717, 1.165) is 4.90 Å². The van der Waals surface area contributed by atoms with Crippen LogP contribution < -0.4 is 0 Å². The predicted molar refractivity (Wildman–Crippen MR) is 49.7 cm³/mol. The number of halogens is 4. The van der Waals surface area contributed by atoms with Gasteiger partial charge in [-0.25, -0.2) is 0 Å². The number of carbonyl (C=O) groups is 1. The highest BCUT2D eigenvalue weighted by Crippen LogP contribution is 2.32. The fraction of sp³-hybridized carbons (Fsp3) is 0.857. The first kappa shape index (κ1) is 11.1. The van der Waals surface area contributed by atoms with Crippen molar-refractivity contribution >= 4 is 28.5 Å². The average molecular weight is 307 g/mol. The summed E-state index contributed by atoms with van der Waals surface area (Å²) in [6, 6.07) is -1.55. The molecule has 1 rings (SSSR count). The van der Waals surface area contributed by atoms with Crippen LogP contribution in [0.3, 0.4) is 0 Å². The summed E-state index contributed by atoms with van der Waals surface area (Å²) in [5, 5.41) is 0. The minimum atomic E-state index is -4.27. The number of carbonyl (C=O) groups excluding carboxylic acids is 1. The monoisotopic (exact) mass is 307 g/mol. The number of likely N-dealkylation sites (tertiary alicyclic amines) is 1. The first-order valence-electron chi connectivity index (χ1n) is 3.89. The maximum atomic E-state index is 12.3. The van der Waals surface area contributed by atoms with Crippen LogP contribution in [0, 0.1) is 0 Å². The zero-order chi connectivity index (χ0) is 10.1. The van der Waals surface area contributed by atoms with Gasteiger partial charge in [0.15, 0.2) is 0 Å². The van der Waals surface area contributed by atoms with Crippen LogP contribution in [0.4, 0.5) is 13.2 Å². The van der Waals surface area contributed by atoms with E-state index in [0.29, 0.717) is 6.42 Å². The van der Waals surface area contributed by atoms with E-state index in [1.54, 1.807) is 22.6 Å². The third-order valence-corrected chi connectivity index (χ3v) is 2.72. The van der Waals surface area contributed by atoms with E-state index in [1.165, 1.54) is 0 Å². The second-order valence-electron chi connectivity index (χ2n) is 2.92. The summed E-state index contributed by atoms with van der Waals surface area (Å²) in [5.41, 5.74) is 0. The first-order valence-corrected chi connectivity index (χ1v) is 5.41. The van der Waals surface area contributed by atoms with Crippen molar-refractivity contribution in [3.63, 3.8) is 0 Å². The molecule has 1 amide bonds. The van der Waals surface area contributed by atoms with Crippen LogP contribution in [0.25, 0.3) is 0 Å². The zero-order valence-electron chi connectivity index (χ0n) is 6.77. The van der Waals surface area contributed by atoms with Gasteiger partial charge in [0, 0.05) is 6.54 Å². The summed E-state index contributed by atoms with van der Waals surface area (Å²) in [6.07, 6.45) is -3.77. The van der Waals surface area contributed by atoms with Crippen LogP contribution in [0.5, 0.6) is 0 Å². The Morgan fingerprint density at radius 1 is 1.54 bits per heavy atom. The van der Waals surface area contributed by atoms with Gasteiger partial charge < -0.3 is 4.90 Å². The summed E-state index contributed by atoms with van der Waals surface area (Å²) in [4.78, 5) is 12.0. The molecule has 1 atom stereocenters. The third-order valence-electron chi connectivity index (χ3n) is 2.07. The molecule has 0 aromatic heterocycles. The Morgan fingerprint density at radius 2 is 2.15 bits per heavy atom. The molecular formula is C7H9F3INO. The van der Waals surface area contributed by atoms with Gasteiger partial charge in [0.25, 0.3) is 0 Å². The lowest BCUT2D eigenvalue weighted by molar-refractivity contribution is -0.181. The fourth-order valence-corrected chi connectivity index (χ4v) is 1.92. The molecule has 0 N–H and O–H groups in total. The van der Waals surface area contributed by atoms with Gasteiger partial charge >= 0.3 is 6.18 Å². The molecule has 0 bridgehead atoms. The smallest absolute Gasteiger partial charge is 0.330 e. The van der Waals surface area contributed by atoms with Gasteiger partial charge in [-0.2, -0.15) is 13.2 Å². The quantitative estimate of drug-likeness (QED) is 0.536. The van der Waals surface area contributed by atoms with Gasteiger partial charge in [0.1, 0.15) is 6.04 Å². The SMILES string of the molecule is O=C(CI)N1CCC[C@H]1C(F)(F)F. The van der Waals surface area contributed by atoms with Crippen molar-refractivity contribution in [2.75, 3.05) is 11.0 Å². The van der Waals surface area contributed by atoms with E-state index in [2.05, 4.69) is 0 Å². The second kappa shape index (κ2) is 4.02. The lowest BCUT2D eigenvalue weighted by Gasteiger charge is -2.25. The van der Waals surface area contributed by atoms with Crippen molar-refractivity contribution < 1.29 is 18.0 Å². The Balaban J connectivity index is 2.70. The molecule has 0 aromatic rings. The minimum absolute atomic E-state index is 0.0475. The van der Waals surface area contributed by atoms with Gasteiger partial charge in [0.05, 0.1) is 4.43 Å². The van der Waals surface area contributed by atoms with Crippen LogP contribution >= 0.6 is 22.6 Å². The van der Waals surface area contributed by atoms with E-state index in [1.807, 2.05) is 0 Å². The molecular weight excluding hydrogens is 298 g/mol. The maximum absolute atomic E-state index is 12.3. The maximum Gasteiger partial charge on any atom is 0.408 e. The molecule has 0 aliphatic carbocycles. The lowest BCUT2D eigenvalue weighted by Crippen LogP contribution is -2.44. The standard InChI is InChI=1S/C7H9F3INO/c8-7(9,10)5-2-1-3-12(5)6(13)4-11/h5H,1-4H2/t5-/m0/s1. The van der Waals surface area contributed by atoms with Gasteiger partial charge in [-0.1, -0.05) is 22.6 Å². The number of amides is 1. The van der Waals surface area contributed by atoms with E-state index < -0.39 is 18.1 Å². The number of hydrogen-bond donors (Lipinski definition) is 0. The summed E-state index contributed by atoms with van der Waals surface area (Å²) in [7, 11) is 0. The highest BCUT2D eigenvalue weighted by molar-refractivity contribution is 14.1. The number of rotatable bonds is 1. The predicted octanol–water partition coefficient (Wildman–Crippen LogP) is 1.97. The van der Waals surface area contributed by atoms with E-state index in [9.17, 15) is 18.0 Å². The third kappa shape index (κ3) is 2.47. The normalized spacial score (nSPS) is 23.7. The Hall–Kier alpha value is -0.0100. The molecule has 2 nitrogen and oxygen atoms in total. The van der Waals surface area contributed by atoms with Gasteiger partial charge in [-0.15, -0.1) is 0 Å². The van der Waals surface area contributed by atoms with Gasteiger partial charge in [0.2, 0.25) is 5.91 Å². The molecule has 76 valence electrons. The molecule has 1 heterocycles. The van der Waals surface area contributed by atoms with Crippen molar-refractivity contribution in [2.45, 2.75) is 25.1 Å². The molecule has 1 saturated heterocycles. The molecule has 6 heteroatoms. The Labute approximate surface area is 87.6 Å². The van der Waals surface area contributed by atoms with Crippen LogP contribution in [-0.4, -0.2) is 34.0 Å². The molecule has 0 aromatic carbocycles. The molecule has 1 fully saturated rings. The van der Waals surface area contributed by atoms with E-state index in [4.69, 9.17) is 0 Å². The van der Waals surface area contributed by atoms with E-state index >= 15 is 0 Å². The topological polar surface area (TPSA) is 20.3 Å². The van der Waals surface area contributed by atoms with Crippen molar-refractivity contribution in [3.05, 3.63) is 0 Å². The van der Waals surface area contributed by atoms with Crippen LogP contribution in [0.1, 0.15) is 12.8 Å². The van der Waals surface area contributed by atoms with Crippen molar-refractivity contribution in [1.82, 2.24) is 4.90 Å².